The fourth-order valence-electron chi connectivity index (χ4n) is 3.52. The summed E-state index contributed by atoms with van der Waals surface area (Å²) in [6, 6.07) is 11.8. The van der Waals surface area contributed by atoms with Gasteiger partial charge in [0.05, 0.1) is 7.11 Å². The maximum Gasteiger partial charge on any atom is 0.252 e. The van der Waals surface area contributed by atoms with Crippen LogP contribution in [0.25, 0.3) is 10.9 Å². The standard InChI is InChI=1S/C20H22N4O2/c1-26-19-6-5-14(11-22-19)12-24-10-8-15(13-24)23-20(25)17-3-2-4-18-16(17)7-9-21-18/h2-7,9,11,15,21H,8,10,12-13H2,1H3,(H,23,25)/t15-/m0/s1. The summed E-state index contributed by atoms with van der Waals surface area (Å²) in [5.74, 6) is 0.618. The second-order valence-electron chi connectivity index (χ2n) is 6.65. The fraction of sp³-hybridized carbons (Fsp3) is 0.300. The minimum Gasteiger partial charge on any atom is -0.481 e. The molecular formula is C20H22N4O2. The fourth-order valence-corrected chi connectivity index (χ4v) is 3.52. The van der Waals surface area contributed by atoms with Crippen LogP contribution >= 0.6 is 0 Å². The second kappa shape index (κ2) is 7.17. The monoisotopic (exact) mass is 350 g/mol. The molecule has 1 aliphatic heterocycles. The number of aromatic amines is 1. The number of fused-ring (bicyclic) bond motifs is 1. The van der Waals surface area contributed by atoms with Gasteiger partial charge in [-0.2, -0.15) is 0 Å². The molecule has 1 fully saturated rings. The summed E-state index contributed by atoms with van der Waals surface area (Å²) in [5.41, 5.74) is 2.86. The Morgan fingerprint density at radius 2 is 2.27 bits per heavy atom. The second-order valence-corrected chi connectivity index (χ2v) is 6.65. The lowest BCUT2D eigenvalue weighted by molar-refractivity contribution is 0.0939. The Morgan fingerprint density at radius 1 is 1.35 bits per heavy atom. The van der Waals surface area contributed by atoms with Crippen LogP contribution in [0.5, 0.6) is 5.88 Å². The predicted molar refractivity (Wildman–Crippen MR) is 100 cm³/mol. The van der Waals surface area contributed by atoms with Crippen molar-refractivity contribution >= 4 is 16.8 Å². The molecule has 3 aromatic rings. The lowest BCUT2D eigenvalue weighted by Crippen LogP contribution is -2.37. The zero-order valence-electron chi connectivity index (χ0n) is 14.7. The van der Waals surface area contributed by atoms with E-state index in [1.807, 2.05) is 48.8 Å². The number of hydrogen-bond acceptors (Lipinski definition) is 4. The molecule has 2 aromatic heterocycles. The molecule has 0 radical (unpaired) electrons. The van der Waals surface area contributed by atoms with Crippen molar-refractivity contribution in [3.63, 3.8) is 0 Å². The van der Waals surface area contributed by atoms with E-state index in [-0.39, 0.29) is 11.9 Å². The van der Waals surface area contributed by atoms with Gasteiger partial charge in [0.1, 0.15) is 0 Å². The van der Waals surface area contributed by atoms with E-state index in [0.29, 0.717) is 5.88 Å². The number of likely N-dealkylation sites (tertiary alicyclic amines) is 1. The number of benzene rings is 1. The Morgan fingerprint density at radius 3 is 3.08 bits per heavy atom. The van der Waals surface area contributed by atoms with Gasteiger partial charge in [-0.05, 0) is 30.2 Å². The average molecular weight is 350 g/mol. The molecule has 1 aliphatic rings. The van der Waals surface area contributed by atoms with E-state index in [1.54, 1.807) is 7.11 Å². The molecule has 6 nitrogen and oxygen atoms in total. The Kier molecular flexibility index (Phi) is 4.58. The molecule has 1 amide bonds. The first-order chi connectivity index (χ1) is 12.7. The van der Waals surface area contributed by atoms with E-state index in [1.165, 1.54) is 0 Å². The van der Waals surface area contributed by atoms with Crippen LogP contribution in [0.4, 0.5) is 0 Å². The zero-order valence-corrected chi connectivity index (χ0v) is 14.7. The quantitative estimate of drug-likeness (QED) is 0.742. The van der Waals surface area contributed by atoms with Crippen LogP contribution in [0.15, 0.2) is 48.8 Å². The highest BCUT2D eigenvalue weighted by Gasteiger charge is 2.24. The van der Waals surface area contributed by atoms with Gasteiger partial charge in [-0.15, -0.1) is 0 Å². The highest BCUT2D eigenvalue weighted by Crippen LogP contribution is 2.19. The number of methoxy groups -OCH3 is 1. The van der Waals surface area contributed by atoms with Gasteiger partial charge in [0.15, 0.2) is 0 Å². The number of carbonyl (C=O) groups excluding carboxylic acids is 1. The Bertz CT molecular complexity index is 904. The molecule has 1 atom stereocenters. The summed E-state index contributed by atoms with van der Waals surface area (Å²) in [4.78, 5) is 22.4. The van der Waals surface area contributed by atoms with Gasteiger partial charge >= 0.3 is 0 Å². The summed E-state index contributed by atoms with van der Waals surface area (Å²) in [6.07, 6.45) is 4.66. The lowest BCUT2D eigenvalue weighted by Gasteiger charge is -2.17. The highest BCUT2D eigenvalue weighted by molar-refractivity contribution is 6.06. The number of ether oxygens (including phenoxy) is 1. The van der Waals surface area contributed by atoms with Crippen molar-refractivity contribution in [3.05, 3.63) is 59.9 Å². The third kappa shape index (κ3) is 3.41. The summed E-state index contributed by atoms with van der Waals surface area (Å²) >= 11 is 0. The first-order valence-corrected chi connectivity index (χ1v) is 8.81. The molecule has 2 N–H and O–H groups in total. The first-order valence-electron chi connectivity index (χ1n) is 8.81. The molecular weight excluding hydrogens is 328 g/mol. The van der Waals surface area contributed by atoms with Gasteiger partial charge in [-0.1, -0.05) is 12.1 Å². The van der Waals surface area contributed by atoms with Crippen molar-refractivity contribution in [2.45, 2.75) is 19.0 Å². The van der Waals surface area contributed by atoms with E-state index in [2.05, 4.69) is 20.2 Å². The summed E-state index contributed by atoms with van der Waals surface area (Å²) in [6.45, 7) is 2.64. The molecule has 0 spiro atoms. The summed E-state index contributed by atoms with van der Waals surface area (Å²) in [5, 5.41) is 4.14. The van der Waals surface area contributed by atoms with Crippen LogP contribution < -0.4 is 10.1 Å². The van der Waals surface area contributed by atoms with Crippen LogP contribution in [0.2, 0.25) is 0 Å². The van der Waals surface area contributed by atoms with Crippen LogP contribution in [-0.4, -0.2) is 47.0 Å². The van der Waals surface area contributed by atoms with Gasteiger partial charge in [0.25, 0.3) is 5.91 Å². The molecule has 4 rings (SSSR count). The van der Waals surface area contributed by atoms with E-state index < -0.39 is 0 Å². The van der Waals surface area contributed by atoms with Crippen LogP contribution in [0.1, 0.15) is 22.3 Å². The molecule has 1 aromatic carbocycles. The van der Waals surface area contributed by atoms with Crippen molar-refractivity contribution in [1.82, 2.24) is 20.2 Å². The van der Waals surface area contributed by atoms with Gasteiger partial charge in [0.2, 0.25) is 5.88 Å². The SMILES string of the molecule is COc1ccc(CN2CC[C@H](NC(=O)c3cccc4[nH]ccc34)C2)cn1. The number of aromatic nitrogens is 2. The Balaban J connectivity index is 1.36. The van der Waals surface area contributed by atoms with Gasteiger partial charge < -0.3 is 15.0 Å². The maximum absolute atomic E-state index is 12.7. The van der Waals surface area contributed by atoms with E-state index >= 15 is 0 Å². The van der Waals surface area contributed by atoms with Crippen molar-refractivity contribution in [2.24, 2.45) is 0 Å². The van der Waals surface area contributed by atoms with E-state index in [9.17, 15) is 4.79 Å². The molecule has 3 heterocycles. The molecule has 6 heteroatoms. The van der Waals surface area contributed by atoms with Crippen LogP contribution in [0, 0.1) is 0 Å². The Hall–Kier alpha value is -2.86. The minimum absolute atomic E-state index is 0.00633. The molecule has 26 heavy (non-hydrogen) atoms. The smallest absolute Gasteiger partial charge is 0.252 e. The lowest BCUT2D eigenvalue weighted by atomic mass is 10.1. The molecule has 1 saturated heterocycles. The summed E-state index contributed by atoms with van der Waals surface area (Å²) < 4.78 is 5.09. The number of nitrogens with one attached hydrogen (secondary N) is 2. The third-order valence-electron chi connectivity index (χ3n) is 4.86. The van der Waals surface area contributed by atoms with Gasteiger partial charge in [-0.3, -0.25) is 9.69 Å². The molecule has 0 saturated carbocycles. The number of rotatable bonds is 5. The number of amides is 1. The normalized spacial score (nSPS) is 17.5. The molecule has 134 valence electrons. The highest BCUT2D eigenvalue weighted by atomic mass is 16.5. The van der Waals surface area contributed by atoms with Crippen LogP contribution in [-0.2, 0) is 6.54 Å². The molecule has 0 unspecified atom stereocenters. The zero-order chi connectivity index (χ0) is 17.9. The van der Waals surface area contributed by atoms with Crippen LogP contribution in [0.3, 0.4) is 0 Å². The number of H-pyrrole nitrogens is 1. The number of carbonyl (C=O) groups is 1. The number of hydrogen-bond donors (Lipinski definition) is 2. The Labute approximate surface area is 152 Å². The average Bonchev–Trinajstić information content (AvgIpc) is 3.31. The topological polar surface area (TPSA) is 70.2 Å². The maximum atomic E-state index is 12.7. The van der Waals surface area contributed by atoms with Gasteiger partial charge in [-0.25, -0.2) is 4.98 Å². The van der Waals surface area contributed by atoms with E-state index in [4.69, 9.17) is 4.74 Å². The summed E-state index contributed by atoms with van der Waals surface area (Å²) in [7, 11) is 1.61. The van der Waals surface area contributed by atoms with Gasteiger partial charge in [0, 0.05) is 60.6 Å². The molecule has 0 aliphatic carbocycles. The largest absolute Gasteiger partial charge is 0.481 e. The number of nitrogens with zero attached hydrogens (tertiary/aromatic N) is 2. The minimum atomic E-state index is -0.00633. The van der Waals surface area contributed by atoms with Crippen molar-refractivity contribution in [2.75, 3.05) is 20.2 Å². The van der Waals surface area contributed by atoms with Crippen molar-refractivity contribution in [3.8, 4) is 5.88 Å². The van der Waals surface area contributed by atoms with Crippen molar-refractivity contribution < 1.29 is 9.53 Å². The van der Waals surface area contributed by atoms with Crippen molar-refractivity contribution in [1.29, 1.82) is 0 Å². The number of pyridine rings is 1. The molecule has 0 bridgehead atoms. The predicted octanol–water partition coefficient (Wildman–Crippen LogP) is 2.58. The third-order valence-corrected chi connectivity index (χ3v) is 4.86. The first kappa shape index (κ1) is 16.6. The van der Waals surface area contributed by atoms with E-state index in [0.717, 1.165) is 48.1 Å².